The number of hydrogen-bond acceptors (Lipinski definition) is 2. The van der Waals surface area contributed by atoms with Crippen LogP contribution in [0.25, 0.3) is 0 Å². The van der Waals surface area contributed by atoms with E-state index in [1.807, 2.05) is 66.7 Å². The van der Waals surface area contributed by atoms with Crippen LogP contribution in [0.2, 0.25) is 0 Å². The molecule has 0 saturated carbocycles. The van der Waals surface area contributed by atoms with E-state index in [-0.39, 0.29) is 17.6 Å². The van der Waals surface area contributed by atoms with Crippen LogP contribution in [-0.2, 0) is 0 Å². The first-order chi connectivity index (χ1) is 10.3. The lowest BCUT2D eigenvalue weighted by atomic mass is 9.75. The van der Waals surface area contributed by atoms with Gasteiger partial charge in [0.1, 0.15) is 0 Å². The molecule has 3 atom stereocenters. The zero-order chi connectivity index (χ0) is 14.7. The minimum absolute atomic E-state index is 0.0268. The molecule has 0 heterocycles. The number of rotatable bonds is 3. The third-order valence-corrected chi connectivity index (χ3v) is 4.06. The van der Waals surface area contributed by atoms with Crippen LogP contribution in [0.3, 0.4) is 0 Å². The highest BCUT2D eigenvalue weighted by Crippen LogP contribution is 2.36. The molecule has 0 amide bonds. The molecule has 0 saturated heterocycles. The minimum Gasteiger partial charge on any atom is -0.389 e. The number of allylic oxidation sites excluding steroid dienone is 1. The summed E-state index contributed by atoms with van der Waals surface area (Å²) in [5.41, 5.74) is 1.83. The topological polar surface area (TPSA) is 37.3 Å². The number of carbonyl (C=O) groups is 1. The Balaban J connectivity index is 1.94. The normalized spacial score (nSPS) is 24.7. The predicted molar refractivity (Wildman–Crippen MR) is 83.2 cm³/mol. The lowest BCUT2D eigenvalue weighted by molar-refractivity contribution is 0.0901. The lowest BCUT2D eigenvalue weighted by Crippen LogP contribution is -2.27. The van der Waals surface area contributed by atoms with Gasteiger partial charge in [-0.3, -0.25) is 4.79 Å². The van der Waals surface area contributed by atoms with Crippen molar-refractivity contribution in [2.45, 2.75) is 18.4 Å². The number of hydrogen-bond donors (Lipinski definition) is 1. The van der Waals surface area contributed by atoms with Crippen LogP contribution in [0.1, 0.15) is 28.3 Å². The van der Waals surface area contributed by atoms with Gasteiger partial charge < -0.3 is 5.11 Å². The van der Waals surface area contributed by atoms with Crippen LogP contribution in [0.15, 0.2) is 72.8 Å². The number of ketones is 1. The average molecular weight is 278 g/mol. The minimum atomic E-state index is -0.477. The van der Waals surface area contributed by atoms with Crippen LogP contribution in [0, 0.1) is 5.92 Å². The van der Waals surface area contributed by atoms with E-state index in [4.69, 9.17) is 0 Å². The molecule has 0 bridgehead atoms. The summed E-state index contributed by atoms with van der Waals surface area (Å²) in [7, 11) is 0. The summed E-state index contributed by atoms with van der Waals surface area (Å²) in [5.74, 6) is -0.0651. The van der Waals surface area contributed by atoms with Crippen molar-refractivity contribution < 1.29 is 9.90 Å². The van der Waals surface area contributed by atoms with E-state index in [2.05, 4.69) is 0 Å². The standard InChI is InChI=1S/C19H18O2/c20-16-11-12-17(19(21)15-9-5-2-6-10-15)18(13-16)14-7-3-1-4-8-14/h1-12,16-18,20H,13H2/t16-,17-,18+/m0/s1. The van der Waals surface area contributed by atoms with Gasteiger partial charge >= 0.3 is 0 Å². The molecule has 2 aromatic rings. The van der Waals surface area contributed by atoms with Gasteiger partial charge in [-0.1, -0.05) is 72.8 Å². The monoisotopic (exact) mass is 278 g/mol. The molecule has 21 heavy (non-hydrogen) atoms. The molecule has 106 valence electrons. The van der Waals surface area contributed by atoms with Crippen molar-refractivity contribution in [1.82, 2.24) is 0 Å². The first kappa shape index (κ1) is 13.8. The first-order valence-electron chi connectivity index (χ1n) is 7.26. The van der Waals surface area contributed by atoms with E-state index in [0.29, 0.717) is 6.42 Å². The molecule has 2 heteroatoms. The van der Waals surface area contributed by atoms with Crippen molar-refractivity contribution in [2.75, 3.05) is 0 Å². The third kappa shape index (κ3) is 2.96. The molecule has 0 spiro atoms. The summed E-state index contributed by atoms with van der Waals surface area (Å²) in [6, 6.07) is 19.3. The fraction of sp³-hybridized carbons (Fsp3) is 0.211. The molecule has 0 radical (unpaired) electrons. The fourth-order valence-electron chi connectivity index (χ4n) is 2.98. The smallest absolute Gasteiger partial charge is 0.170 e. The van der Waals surface area contributed by atoms with E-state index in [1.54, 1.807) is 6.08 Å². The van der Waals surface area contributed by atoms with Crippen molar-refractivity contribution in [3.63, 3.8) is 0 Å². The van der Waals surface area contributed by atoms with E-state index < -0.39 is 6.10 Å². The SMILES string of the molecule is O=C(c1ccccc1)[C@H]1C=C[C@H](O)C[C@@H]1c1ccccc1. The summed E-state index contributed by atoms with van der Waals surface area (Å²) >= 11 is 0. The van der Waals surface area contributed by atoms with Gasteiger partial charge in [-0.2, -0.15) is 0 Å². The molecule has 1 N–H and O–H groups in total. The average Bonchev–Trinajstić information content (AvgIpc) is 2.56. The van der Waals surface area contributed by atoms with Crippen molar-refractivity contribution >= 4 is 5.78 Å². The second-order valence-electron chi connectivity index (χ2n) is 5.46. The second-order valence-corrected chi connectivity index (χ2v) is 5.46. The molecule has 1 aliphatic rings. The Kier molecular flexibility index (Phi) is 3.98. The molecule has 0 aromatic heterocycles. The Morgan fingerprint density at radius 3 is 2.19 bits per heavy atom. The maximum atomic E-state index is 12.8. The molecule has 2 nitrogen and oxygen atoms in total. The highest BCUT2D eigenvalue weighted by Gasteiger charge is 2.32. The highest BCUT2D eigenvalue weighted by atomic mass is 16.3. The Bertz CT molecular complexity index is 631. The van der Waals surface area contributed by atoms with E-state index in [9.17, 15) is 9.90 Å². The Morgan fingerprint density at radius 1 is 0.905 bits per heavy atom. The van der Waals surface area contributed by atoms with E-state index >= 15 is 0 Å². The number of Topliss-reactive ketones (excluding diaryl/α,β-unsaturated/α-hetero) is 1. The molecule has 2 aromatic carbocycles. The number of benzene rings is 2. The van der Waals surface area contributed by atoms with Crippen molar-refractivity contribution in [1.29, 1.82) is 0 Å². The first-order valence-corrected chi connectivity index (χ1v) is 7.26. The van der Waals surface area contributed by atoms with Crippen molar-refractivity contribution in [2.24, 2.45) is 5.92 Å². The predicted octanol–water partition coefficient (Wildman–Crippen LogP) is 3.59. The second kappa shape index (κ2) is 6.06. The zero-order valence-electron chi connectivity index (χ0n) is 11.7. The van der Waals surface area contributed by atoms with Gasteiger partial charge in [-0.15, -0.1) is 0 Å². The van der Waals surface area contributed by atoms with Gasteiger partial charge in [0, 0.05) is 17.4 Å². The highest BCUT2D eigenvalue weighted by molar-refractivity contribution is 5.99. The lowest BCUT2D eigenvalue weighted by Gasteiger charge is -2.29. The molecule has 3 rings (SSSR count). The summed E-state index contributed by atoms with van der Waals surface area (Å²) in [5, 5.41) is 9.91. The van der Waals surface area contributed by atoms with Crippen LogP contribution in [0.5, 0.6) is 0 Å². The summed E-state index contributed by atoms with van der Waals surface area (Å²) < 4.78 is 0. The van der Waals surface area contributed by atoms with Crippen LogP contribution < -0.4 is 0 Å². The molecular formula is C19H18O2. The Hall–Kier alpha value is -2.19. The Labute approximate surface area is 124 Å². The van der Waals surface area contributed by atoms with Crippen LogP contribution in [-0.4, -0.2) is 17.0 Å². The molecule has 0 fully saturated rings. The third-order valence-electron chi connectivity index (χ3n) is 4.06. The molecule has 0 aliphatic heterocycles. The largest absolute Gasteiger partial charge is 0.389 e. The number of aliphatic hydroxyl groups is 1. The van der Waals surface area contributed by atoms with Gasteiger partial charge in [0.05, 0.1) is 6.10 Å². The van der Waals surface area contributed by atoms with Gasteiger partial charge in [0.25, 0.3) is 0 Å². The van der Waals surface area contributed by atoms with Gasteiger partial charge in [0.2, 0.25) is 0 Å². The van der Waals surface area contributed by atoms with E-state index in [0.717, 1.165) is 11.1 Å². The van der Waals surface area contributed by atoms with Gasteiger partial charge in [-0.25, -0.2) is 0 Å². The van der Waals surface area contributed by atoms with Crippen LogP contribution in [0.4, 0.5) is 0 Å². The quantitative estimate of drug-likeness (QED) is 0.688. The van der Waals surface area contributed by atoms with Crippen molar-refractivity contribution in [3.8, 4) is 0 Å². The zero-order valence-corrected chi connectivity index (χ0v) is 11.7. The maximum Gasteiger partial charge on any atom is 0.170 e. The van der Waals surface area contributed by atoms with Crippen LogP contribution >= 0.6 is 0 Å². The molecule has 1 aliphatic carbocycles. The fourth-order valence-corrected chi connectivity index (χ4v) is 2.98. The van der Waals surface area contributed by atoms with Gasteiger partial charge in [0.15, 0.2) is 5.78 Å². The maximum absolute atomic E-state index is 12.8. The molecular weight excluding hydrogens is 260 g/mol. The molecule has 0 unspecified atom stereocenters. The van der Waals surface area contributed by atoms with E-state index in [1.165, 1.54) is 0 Å². The number of carbonyl (C=O) groups excluding carboxylic acids is 1. The van der Waals surface area contributed by atoms with Crippen molar-refractivity contribution in [3.05, 3.63) is 83.9 Å². The summed E-state index contributed by atoms with van der Waals surface area (Å²) in [6.45, 7) is 0. The number of aliphatic hydroxyl groups excluding tert-OH is 1. The summed E-state index contributed by atoms with van der Waals surface area (Å²) in [6.07, 6.45) is 3.71. The van der Waals surface area contributed by atoms with Gasteiger partial charge in [-0.05, 0) is 12.0 Å². The Morgan fingerprint density at radius 2 is 1.52 bits per heavy atom. The summed E-state index contributed by atoms with van der Waals surface area (Å²) in [4.78, 5) is 12.8.